The minimum atomic E-state index is -1.06. The zero-order chi connectivity index (χ0) is 16.3. The van der Waals surface area contributed by atoms with Gasteiger partial charge in [0.1, 0.15) is 24.1 Å². The van der Waals surface area contributed by atoms with Gasteiger partial charge in [0.15, 0.2) is 0 Å². The number of alkyl halides is 1. The van der Waals surface area contributed by atoms with E-state index in [1.54, 1.807) is 45.0 Å². The number of carbonyl (C=O) groups is 1. The fourth-order valence-electron chi connectivity index (χ4n) is 2.31. The Morgan fingerprint density at radius 2 is 2.09 bits per heavy atom. The van der Waals surface area contributed by atoms with Crippen LogP contribution in [0.1, 0.15) is 27.2 Å². The average molecular weight is 330 g/mol. The Balaban J connectivity index is 1.99. The summed E-state index contributed by atoms with van der Waals surface area (Å²) in [6.45, 7) is 5.56. The smallest absolute Gasteiger partial charge is 0.410 e. The molecule has 2 rings (SSSR count). The van der Waals surface area contributed by atoms with Crippen LogP contribution in [0.4, 0.5) is 9.18 Å². The van der Waals surface area contributed by atoms with Gasteiger partial charge in [-0.1, -0.05) is 23.7 Å². The van der Waals surface area contributed by atoms with Crippen LogP contribution in [-0.4, -0.2) is 42.0 Å². The molecular weight excluding hydrogens is 309 g/mol. The Bertz CT molecular complexity index is 532. The maximum Gasteiger partial charge on any atom is 0.410 e. The van der Waals surface area contributed by atoms with E-state index in [1.807, 2.05) is 0 Å². The molecule has 1 amide bonds. The van der Waals surface area contributed by atoms with E-state index < -0.39 is 17.9 Å². The first-order chi connectivity index (χ1) is 10.3. The lowest BCUT2D eigenvalue weighted by Gasteiger charge is -2.28. The van der Waals surface area contributed by atoms with E-state index >= 15 is 0 Å². The minimum Gasteiger partial charge on any atom is -0.490 e. The molecule has 1 saturated heterocycles. The summed E-state index contributed by atoms with van der Waals surface area (Å²) in [5, 5.41) is 0.487. The van der Waals surface area contributed by atoms with E-state index in [-0.39, 0.29) is 25.6 Å². The molecule has 2 atom stereocenters. The van der Waals surface area contributed by atoms with Gasteiger partial charge < -0.3 is 9.47 Å². The monoisotopic (exact) mass is 329 g/mol. The normalized spacial score (nSPS) is 21.8. The highest BCUT2D eigenvalue weighted by molar-refractivity contribution is 6.32. The van der Waals surface area contributed by atoms with E-state index in [0.717, 1.165) is 0 Å². The summed E-state index contributed by atoms with van der Waals surface area (Å²) < 4.78 is 24.6. The molecule has 0 aromatic heterocycles. The van der Waals surface area contributed by atoms with Crippen LogP contribution in [0.5, 0.6) is 5.75 Å². The third-order valence-corrected chi connectivity index (χ3v) is 3.57. The lowest BCUT2D eigenvalue weighted by Crippen LogP contribution is -2.42. The van der Waals surface area contributed by atoms with Crippen molar-refractivity contribution in [1.29, 1.82) is 0 Å². The summed E-state index contributed by atoms with van der Waals surface area (Å²) in [6, 6.07) is 6.70. The molecule has 2 unspecified atom stereocenters. The number of hydrogen-bond donors (Lipinski definition) is 0. The second kappa shape index (κ2) is 6.73. The molecule has 22 heavy (non-hydrogen) atoms. The largest absolute Gasteiger partial charge is 0.490 e. The van der Waals surface area contributed by atoms with Gasteiger partial charge in [-0.25, -0.2) is 9.18 Å². The van der Waals surface area contributed by atoms with Gasteiger partial charge in [0.2, 0.25) is 0 Å². The first kappa shape index (κ1) is 16.9. The highest BCUT2D eigenvalue weighted by atomic mass is 35.5. The molecule has 1 fully saturated rings. The average Bonchev–Trinajstić information content (AvgIpc) is 2.77. The number of halogens is 2. The highest BCUT2D eigenvalue weighted by Gasteiger charge is 2.38. The number of carbonyl (C=O) groups excluding carboxylic acids is 1. The predicted octanol–water partition coefficient (Wildman–Crippen LogP) is 4.07. The molecule has 0 radical (unpaired) electrons. The maximum absolute atomic E-state index is 13.7. The lowest BCUT2D eigenvalue weighted by atomic mass is 10.2. The van der Waals surface area contributed by atoms with E-state index in [0.29, 0.717) is 10.8 Å². The van der Waals surface area contributed by atoms with E-state index in [4.69, 9.17) is 21.1 Å². The SMILES string of the molecule is CC(C)(C)OC(=O)N1CC(F)CC1COc1ccccc1Cl. The van der Waals surface area contributed by atoms with E-state index in [1.165, 1.54) is 4.90 Å². The van der Waals surface area contributed by atoms with Crippen molar-refractivity contribution in [2.75, 3.05) is 13.2 Å². The highest BCUT2D eigenvalue weighted by Crippen LogP contribution is 2.27. The van der Waals surface area contributed by atoms with Crippen LogP contribution in [0.2, 0.25) is 5.02 Å². The summed E-state index contributed by atoms with van der Waals surface area (Å²) in [7, 11) is 0. The molecule has 0 N–H and O–H groups in total. The first-order valence-electron chi connectivity index (χ1n) is 7.27. The minimum absolute atomic E-state index is 0.0332. The Morgan fingerprint density at radius 3 is 2.73 bits per heavy atom. The standard InChI is InChI=1S/C16H21ClFNO3/c1-16(2,3)22-15(20)19-9-11(18)8-12(19)10-21-14-7-5-4-6-13(14)17/h4-7,11-12H,8-10H2,1-3H3. The molecule has 1 aromatic carbocycles. The van der Waals surface area contributed by atoms with Gasteiger partial charge >= 0.3 is 6.09 Å². The van der Waals surface area contributed by atoms with Gasteiger partial charge in [0.25, 0.3) is 0 Å². The molecule has 6 heteroatoms. The molecule has 1 aliphatic rings. The quantitative estimate of drug-likeness (QED) is 0.839. The molecule has 0 bridgehead atoms. The van der Waals surface area contributed by atoms with Gasteiger partial charge in [-0.2, -0.15) is 0 Å². The molecule has 1 heterocycles. The van der Waals surface area contributed by atoms with Crippen molar-refractivity contribution in [3.63, 3.8) is 0 Å². The molecule has 0 spiro atoms. The fourth-order valence-corrected chi connectivity index (χ4v) is 2.50. The van der Waals surface area contributed by atoms with Gasteiger partial charge in [-0.15, -0.1) is 0 Å². The van der Waals surface area contributed by atoms with E-state index in [2.05, 4.69) is 0 Å². The van der Waals surface area contributed by atoms with Gasteiger partial charge in [-0.3, -0.25) is 4.90 Å². The number of hydrogen-bond acceptors (Lipinski definition) is 3. The van der Waals surface area contributed by atoms with Crippen LogP contribution in [0.3, 0.4) is 0 Å². The van der Waals surface area contributed by atoms with Crippen molar-refractivity contribution < 1.29 is 18.7 Å². The molecule has 122 valence electrons. The summed E-state index contributed by atoms with van der Waals surface area (Å²) in [4.78, 5) is 13.5. The Hall–Kier alpha value is -1.49. The summed E-state index contributed by atoms with van der Waals surface area (Å²) in [6.07, 6.45) is -1.34. The fraction of sp³-hybridized carbons (Fsp3) is 0.562. The Labute approximate surface area is 135 Å². The second-order valence-corrected chi connectivity index (χ2v) is 6.77. The number of rotatable bonds is 3. The van der Waals surface area contributed by atoms with Crippen LogP contribution in [0.25, 0.3) is 0 Å². The van der Waals surface area contributed by atoms with Gasteiger partial charge in [0.05, 0.1) is 17.6 Å². The zero-order valence-electron chi connectivity index (χ0n) is 13.0. The van der Waals surface area contributed by atoms with E-state index in [9.17, 15) is 9.18 Å². The number of ether oxygens (including phenoxy) is 2. The van der Waals surface area contributed by atoms with Crippen molar-refractivity contribution >= 4 is 17.7 Å². The molecular formula is C16H21ClFNO3. The maximum atomic E-state index is 13.7. The summed E-state index contributed by atoms with van der Waals surface area (Å²) in [5.74, 6) is 0.524. The molecule has 1 aromatic rings. The van der Waals surface area contributed by atoms with Crippen LogP contribution in [0, 0.1) is 0 Å². The van der Waals surface area contributed by atoms with Crippen molar-refractivity contribution in [1.82, 2.24) is 4.90 Å². The Morgan fingerprint density at radius 1 is 1.41 bits per heavy atom. The number of likely N-dealkylation sites (tertiary alicyclic amines) is 1. The van der Waals surface area contributed by atoms with Crippen molar-refractivity contribution in [3.8, 4) is 5.75 Å². The van der Waals surface area contributed by atoms with Gasteiger partial charge in [-0.05, 0) is 32.9 Å². The van der Waals surface area contributed by atoms with Crippen LogP contribution < -0.4 is 4.74 Å². The second-order valence-electron chi connectivity index (χ2n) is 6.36. The van der Waals surface area contributed by atoms with Crippen LogP contribution in [0.15, 0.2) is 24.3 Å². The molecule has 0 saturated carbocycles. The third kappa shape index (κ3) is 4.50. The number of para-hydroxylation sites is 1. The summed E-state index contributed by atoms with van der Waals surface area (Å²) in [5.41, 5.74) is -0.611. The lowest BCUT2D eigenvalue weighted by molar-refractivity contribution is 0.0181. The van der Waals surface area contributed by atoms with Crippen molar-refractivity contribution in [2.45, 2.75) is 45.0 Å². The molecule has 1 aliphatic heterocycles. The zero-order valence-corrected chi connectivity index (χ0v) is 13.8. The third-order valence-electron chi connectivity index (χ3n) is 3.26. The topological polar surface area (TPSA) is 38.8 Å². The first-order valence-corrected chi connectivity index (χ1v) is 7.65. The predicted molar refractivity (Wildman–Crippen MR) is 83.2 cm³/mol. The number of amides is 1. The number of nitrogens with zero attached hydrogens (tertiary/aromatic N) is 1. The van der Waals surface area contributed by atoms with Crippen molar-refractivity contribution in [3.05, 3.63) is 29.3 Å². The van der Waals surface area contributed by atoms with Crippen LogP contribution in [-0.2, 0) is 4.74 Å². The Kier molecular flexibility index (Phi) is 5.16. The van der Waals surface area contributed by atoms with Gasteiger partial charge in [0, 0.05) is 6.42 Å². The molecule has 0 aliphatic carbocycles. The molecule has 4 nitrogen and oxygen atoms in total. The summed E-state index contributed by atoms with van der Waals surface area (Å²) >= 11 is 6.02. The number of benzene rings is 1. The van der Waals surface area contributed by atoms with Crippen LogP contribution >= 0.6 is 11.6 Å². The van der Waals surface area contributed by atoms with Crippen molar-refractivity contribution in [2.24, 2.45) is 0 Å².